The second-order valence-corrected chi connectivity index (χ2v) is 6.09. The molecular formula is C20H19FN2O3. The fourth-order valence-electron chi connectivity index (χ4n) is 2.28. The van der Waals surface area contributed by atoms with Crippen LogP contribution < -0.4 is 5.32 Å². The number of hydrogen-bond acceptors (Lipinski definition) is 4. The molecule has 6 heteroatoms. The molecule has 0 saturated carbocycles. The van der Waals surface area contributed by atoms with Crippen molar-refractivity contribution < 1.29 is 18.7 Å². The van der Waals surface area contributed by atoms with E-state index in [2.05, 4.69) is 5.32 Å². The van der Waals surface area contributed by atoms with Crippen molar-refractivity contribution in [3.8, 4) is 6.07 Å². The van der Waals surface area contributed by atoms with Gasteiger partial charge in [-0.25, -0.2) is 9.18 Å². The summed E-state index contributed by atoms with van der Waals surface area (Å²) in [5.41, 5.74) is 1.11. The number of amides is 1. The first-order valence-electron chi connectivity index (χ1n) is 8.13. The Hall–Kier alpha value is -3.20. The zero-order valence-corrected chi connectivity index (χ0v) is 14.5. The second kappa shape index (κ2) is 8.77. The molecule has 2 aromatic carbocycles. The second-order valence-electron chi connectivity index (χ2n) is 6.09. The average molecular weight is 354 g/mol. The summed E-state index contributed by atoms with van der Waals surface area (Å²) in [6.07, 6.45) is 0. The first kappa shape index (κ1) is 19.1. The number of nitrogens with one attached hydrogen (secondary N) is 1. The Bertz CT molecular complexity index is 826. The van der Waals surface area contributed by atoms with Crippen LogP contribution in [0, 0.1) is 23.1 Å². The van der Waals surface area contributed by atoms with E-state index in [1.807, 2.05) is 6.07 Å². The van der Waals surface area contributed by atoms with Gasteiger partial charge in [-0.05, 0) is 35.7 Å². The average Bonchev–Trinajstić information content (AvgIpc) is 2.64. The Morgan fingerprint density at radius 2 is 1.81 bits per heavy atom. The molecule has 0 saturated heterocycles. The van der Waals surface area contributed by atoms with Gasteiger partial charge in [0.2, 0.25) is 0 Å². The molecule has 1 N–H and O–H groups in total. The Labute approximate surface area is 151 Å². The lowest BCUT2D eigenvalue weighted by Gasteiger charge is -2.21. The number of halogens is 1. The lowest BCUT2D eigenvalue weighted by molar-refractivity contribution is -0.148. The number of carbonyl (C=O) groups is 2. The first-order chi connectivity index (χ1) is 12.4. The molecule has 5 nitrogen and oxygen atoms in total. The molecular weight excluding hydrogens is 335 g/mol. The van der Waals surface area contributed by atoms with Crippen LogP contribution in [0.15, 0.2) is 48.5 Å². The summed E-state index contributed by atoms with van der Waals surface area (Å²) in [6.45, 7) is 3.54. The van der Waals surface area contributed by atoms with Gasteiger partial charge in [0.25, 0.3) is 5.91 Å². The SMILES string of the molecule is CC(C)[C@H](NC(=O)c1ccccc1F)C(=O)OCc1ccc(C#N)cc1. The van der Waals surface area contributed by atoms with Crippen LogP contribution in [0.5, 0.6) is 0 Å². The Morgan fingerprint density at radius 1 is 1.15 bits per heavy atom. The van der Waals surface area contributed by atoms with Crippen molar-refractivity contribution in [2.45, 2.75) is 26.5 Å². The highest BCUT2D eigenvalue weighted by molar-refractivity contribution is 5.97. The minimum atomic E-state index is -0.902. The van der Waals surface area contributed by atoms with Crippen LogP contribution >= 0.6 is 0 Å². The van der Waals surface area contributed by atoms with Gasteiger partial charge in [0.05, 0.1) is 17.2 Å². The zero-order valence-electron chi connectivity index (χ0n) is 14.5. The van der Waals surface area contributed by atoms with Gasteiger partial charge >= 0.3 is 5.97 Å². The molecule has 2 aromatic rings. The standard InChI is InChI=1S/C20H19FN2O3/c1-13(2)18(23-19(24)16-5-3-4-6-17(16)21)20(25)26-12-15-9-7-14(11-22)8-10-15/h3-10,13,18H,12H2,1-2H3,(H,23,24)/t18-/m0/s1. The molecule has 0 radical (unpaired) electrons. The maximum absolute atomic E-state index is 13.7. The molecule has 0 heterocycles. The van der Waals surface area contributed by atoms with Crippen LogP contribution in [0.2, 0.25) is 0 Å². The maximum Gasteiger partial charge on any atom is 0.329 e. The molecule has 0 aromatic heterocycles. The summed E-state index contributed by atoms with van der Waals surface area (Å²) in [5.74, 6) is -2.16. The molecule has 0 aliphatic rings. The van der Waals surface area contributed by atoms with Crippen molar-refractivity contribution in [3.63, 3.8) is 0 Å². The van der Waals surface area contributed by atoms with Gasteiger partial charge in [0, 0.05) is 0 Å². The third kappa shape index (κ3) is 4.90. The Balaban J connectivity index is 2.01. The summed E-state index contributed by atoms with van der Waals surface area (Å²) in [5, 5.41) is 11.3. The van der Waals surface area contributed by atoms with Crippen LogP contribution in [-0.2, 0) is 16.1 Å². The number of nitriles is 1. The summed E-state index contributed by atoms with van der Waals surface area (Å²) < 4.78 is 19.0. The predicted octanol–water partition coefficient (Wildman–Crippen LogP) is 3.20. The number of rotatable bonds is 6. The van der Waals surface area contributed by atoms with E-state index in [1.165, 1.54) is 18.2 Å². The van der Waals surface area contributed by atoms with E-state index in [0.717, 1.165) is 5.56 Å². The maximum atomic E-state index is 13.7. The van der Waals surface area contributed by atoms with Crippen LogP contribution in [0.1, 0.15) is 35.3 Å². The highest BCUT2D eigenvalue weighted by Crippen LogP contribution is 2.11. The Morgan fingerprint density at radius 3 is 2.38 bits per heavy atom. The number of carbonyl (C=O) groups excluding carboxylic acids is 2. The van der Waals surface area contributed by atoms with Gasteiger partial charge in [-0.1, -0.05) is 38.1 Å². The number of hydrogen-bond donors (Lipinski definition) is 1. The van der Waals surface area contributed by atoms with E-state index >= 15 is 0 Å². The minimum Gasteiger partial charge on any atom is -0.459 e. The van der Waals surface area contributed by atoms with Crippen molar-refractivity contribution in [2.24, 2.45) is 5.92 Å². The van der Waals surface area contributed by atoms with Crippen molar-refractivity contribution in [1.82, 2.24) is 5.32 Å². The van der Waals surface area contributed by atoms with E-state index in [0.29, 0.717) is 5.56 Å². The van der Waals surface area contributed by atoms with Crippen molar-refractivity contribution >= 4 is 11.9 Å². The summed E-state index contributed by atoms with van der Waals surface area (Å²) in [7, 11) is 0. The van der Waals surface area contributed by atoms with Gasteiger partial charge in [-0.2, -0.15) is 5.26 Å². The largest absolute Gasteiger partial charge is 0.459 e. The van der Waals surface area contributed by atoms with Crippen molar-refractivity contribution in [2.75, 3.05) is 0 Å². The zero-order chi connectivity index (χ0) is 19.1. The molecule has 0 spiro atoms. The van der Waals surface area contributed by atoms with Crippen molar-refractivity contribution in [3.05, 3.63) is 71.0 Å². The lowest BCUT2D eigenvalue weighted by Crippen LogP contribution is -2.45. The molecule has 2 rings (SSSR count). The number of ether oxygens (including phenoxy) is 1. The molecule has 0 bridgehead atoms. The first-order valence-corrected chi connectivity index (χ1v) is 8.13. The number of esters is 1. The lowest BCUT2D eigenvalue weighted by atomic mass is 10.0. The van der Waals surface area contributed by atoms with E-state index in [4.69, 9.17) is 10.00 Å². The summed E-state index contributed by atoms with van der Waals surface area (Å²) >= 11 is 0. The molecule has 134 valence electrons. The molecule has 1 amide bonds. The monoisotopic (exact) mass is 354 g/mol. The quantitative estimate of drug-likeness (QED) is 0.808. The topological polar surface area (TPSA) is 79.2 Å². The van der Waals surface area contributed by atoms with Crippen LogP contribution in [0.3, 0.4) is 0 Å². The highest BCUT2D eigenvalue weighted by atomic mass is 19.1. The molecule has 1 atom stereocenters. The van der Waals surface area contributed by atoms with Crippen LogP contribution in [0.4, 0.5) is 4.39 Å². The molecule has 26 heavy (non-hydrogen) atoms. The normalized spacial score (nSPS) is 11.5. The van der Waals surface area contributed by atoms with Gasteiger partial charge < -0.3 is 10.1 Å². The van der Waals surface area contributed by atoms with Gasteiger partial charge in [-0.3, -0.25) is 4.79 Å². The third-order valence-corrected chi connectivity index (χ3v) is 3.79. The smallest absolute Gasteiger partial charge is 0.329 e. The van der Waals surface area contributed by atoms with E-state index in [9.17, 15) is 14.0 Å². The van der Waals surface area contributed by atoms with Crippen molar-refractivity contribution in [1.29, 1.82) is 5.26 Å². The van der Waals surface area contributed by atoms with Crippen LogP contribution in [-0.4, -0.2) is 17.9 Å². The fourth-order valence-corrected chi connectivity index (χ4v) is 2.28. The molecule has 0 aliphatic heterocycles. The van der Waals surface area contributed by atoms with E-state index < -0.39 is 23.7 Å². The van der Waals surface area contributed by atoms with E-state index in [-0.39, 0.29) is 18.1 Å². The number of benzene rings is 2. The molecule has 0 aliphatic carbocycles. The highest BCUT2D eigenvalue weighted by Gasteiger charge is 2.27. The van der Waals surface area contributed by atoms with Gasteiger partial charge in [0.15, 0.2) is 0 Å². The van der Waals surface area contributed by atoms with Gasteiger partial charge in [0.1, 0.15) is 18.5 Å². The summed E-state index contributed by atoms with van der Waals surface area (Å²) in [6, 6.07) is 13.3. The van der Waals surface area contributed by atoms with E-state index in [1.54, 1.807) is 44.2 Å². The predicted molar refractivity (Wildman–Crippen MR) is 93.4 cm³/mol. The molecule has 0 fully saturated rings. The Kier molecular flexibility index (Phi) is 6.45. The fraction of sp³-hybridized carbons (Fsp3) is 0.250. The number of nitrogens with zero attached hydrogens (tertiary/aromatic N) is 1. The van der Waals surface area contributed by atoms with Gasteiger partial charge in [-0.15, -0.1) is 0 Å². The summed E-state index contributed by atoms with van der Waals surface area (Å²) in [4.78, 5) is 24.6. The minimum absolute atomic E-state index is 0.0172. The molecule has 0 unspecified atom stereocenters. The third-order valence-electron chi connectivity index (χ3n) is 3.79. The van der Waals surface area contributed by atoms with Crippen LogP contribution in [0.25, 0.3) is 0 Å².